The van der Waals surface area contributed by atoms with Crippen molar-refractivity contribution in [1.29, 1.82) is 0 Å². The highest BCUT2D eigenvalue weighted by atomic mass is 79.9. The molecular formula is C14H19BrN2O. The normalized spacial score (nSPS) is 22.5. The van der Waals surface area contributed by atoms with Crippen LogP contribution in [0.1, 0.15) is 26.7 Å². The lowest BCUT2D eigenvalue weighted by molar-refractivity contribution is -0.121. The fraction of sp³-hybridized carbons (Fsp3) is 0.500. The first-order chi connectivity index (χ1) is 8.50. The lowest BCUT2D eigenvalue weighted by atomic mass is 9.77. The van der Waals surface area contributed by atoms with E-state index in [0.29, 0.717) is 0 Å². The molecule has 0 saturated carbocycles. The predicted molar refractivity (Wildman–Crippen MR) is 77.6 cm³/mol. The Bertz CT molecular complexity index is 445. The van der Waals surface area contributed by atoms with E-state index in [1.807, 2.05) is 24.3 Å². The summed E-state index contributed by atoms with van der Waals surface area (Å²) in [6, 6.07) is 7.55. The standard InChI is InChI=1S/C14H19BrN2O/c1-14(2)8-5-9-16-12(14)13(18)17-11-7-4-3-6-10(11)15/h3-4,6-7,12,16H,5,8-9H2,1-2H3,(H,17,18). The molecule has 0 radical (unpaired) electrons. The molecule has 1 unspecified atom stereocenters. The van der Waals surface area contributed by atoms with Crippen LogP contribution >= 0.6 is 15.9 Å². The van der Waals surface area contributed by atoms with Gasteiger partial charge in [0.1, 0.15) is 0 Å². The minimum Gasteiger partial charge on any atom is -0.324 e. The van der Waals surface area contributed by atoms with Crippen molar-refractivity contribution < 1.29 is 4.79 Å². The van der Waals surface area contributed by atoms with Crippen LogP contribution in [0.4, 0.5) is 5.69 Å². The van der Waals surface area contributed by atoms with E-state index < -0.39 is 0 Å². The maximum absolute atomic E-state index is 12.3. The molecule has 1 aromatic rings. The zero-order chi connectivity index (χ0) is 13.2. The Morgan fingerprint density at radius 3 is 2.83 bits per heavy atom. The molecule has 1 fully saturated rings. The Labute approximate surface area is 116 Å². The summed E-state index contributed by atoms with van der Waals surface area (Å²) in [5.41, 5.74) is 0.828. The average Bonchev–Trinajstić information content (AvgIpc) is 2.31. The van der Waals surface area contributed by atoms with Crippen LogP contribution in [-0.2, 0) is 4.79 Å². The Morgan fingerprint density at radius 1 is 1.44 bits per heavy atom. The Balaban J connectivity index is 2.10. The monoisotopic (exact) mass is 310 g/mol. The summed E-state index contributed by atoms with van der Waals surface area (Å²) < 4.78 is 0.909. The highest BCUT2D eigenvalue weighted by molar-refractivity contribution is 9.10. The first-order valence-electron chi connectivity index (χ1n) is 6.29. The highest BCUT2D eigenvalue weighted by Gasteiger charge is 2.37. The van der Waals surface area contributed by atoms with Crippen molar-refractivity contribution >= 4 is 27.5 Å². The summed E-state index contributed by atoms with van der Waals surface area (Å²) in [5.74, 6) is 0.0478. The van der Waals surface area contributed by atoms with E-state index in [4.69, 9.17) is 0 Å². The minimum atomic E-state index is -0.127. The Kier molecular flexibility index (Phi) is 4.07. The van der Waals surface area contributed by atoms with Crippen LogP contribution in [0.5, 0.6) is 0 Å². The fourth-order valence-corrected chi connectivity index (χ4v) is 2.81. The van der Waals surface area contributed by atoms with E-state index in [9.17, 15) is 4.79 Å². The third-order valence-corrected chi connectivity index (χ3v) is 4.21. The first kappa shape index (κ1) is 13.6. The van der Waals surface area contributed by atoms with E-state index in [0.717, 1.165) is 29.5 Å². The van der Waals surface area contributed by atoms with Crippen LogP contribution in [0, 0.1) is 5.41 Å². The van der Waals surface area contributed by atoms with E-state index >= 15 is 0 Å². The molecule has 4 heteroatoms. The molecular weight excluding hydrogens is 292 g/mol. The zero-order valence-corrected chi connectivity index (χ0v) is 12.4. The number of para-hydroxylation sites is 1. The quantitative estimate of drug-likeness (QED) is 0.881. The molecule has 3 nitrogen and oxygen atoms in total. The van der Waals surface area contributed by atoms with E-state index in [1.54, 1.807) is 0 Å². The van der Waals surface area contributed by atoms with Gasteiger partial charge in [-0.15, -0.1) is 0 Å². The van der Waals surface area contributed by atoms with Gasteiger partial charge in [0.15, 0.2) is 0 Å². The van der Waals surface area contributed by atoms with Crippen LogP contribution in [0.2, 0.25) is 0 Å². The summed E-state index contributed by atoms with van der Waals surface area (Å²) in [6.45, 7) is 5.20. The van der Waals surface area contributed by atoms with Gasteiger partial charge in [-0.1, -0.05) is 26.0 Å². The zero-order valence-electron chi connectivity index (χ0n) is 10.8. The van der Waals surface area contributed by atoms with Crippen LogP contribution in [0.25, 0.3) is 0 Å². The van der Waals surface area contributed by atoms with Crippen LogP contribution in [0.15, 0.2) is 28.7 Å². The van der Waals surface area contributed by atoms with Gasteiger partial charge in [-0.2, -0.15) is 0 Å². The van der Waals surface area contributed by atoms with E-state index in [1.165, 1.54) is 0 Å². The van der Waals surface area contributed by atoms with E-state index in [-0.39, 0.29) is 17.4 Å². The molecule has 0 aliphatic carbocycles. The van der Waals surface area contributed by atoms with Gasteiger partial charge >= 0.3 is 0 Å². The van der Waals surface area contributed by atoms with Crippen molar-refractivity contribution in [3.05, 3.63) is 28.7 Å². The molecule has 98 valence electrons. The molecule has 1 saturated heterocycles. The number of carbonyl (C=O) groups excluding carboxylic acids is 1. The maximum atomic E-state index is 12.3. The van der Waals surface area contributed by atoms with Gasteiger partial charge < -0.3 is 10.6 Å². The van der Waals surface area contributed by atoms with Gasteiger partial charge in [0, 0.05) is 4.47 Å². The van der Waals surface area contributed by atoms with Crippen molar-refractivity contribution in [2.75, 3.05) is 11.9 Å². The van der Waals surface area contributed by atoms with Gasteiger partial charge in [0.2, 0.25) is 5.91 Å². The molecule has 1 atom stereocenters. The number of piperidine rings is 1. The number of carbonyl (C=O) groups is 1. The molecule has 2 N–H and O–H groups in total. The molecule has 1 heterocycles. The summed E-state index contributed by atoms with van der Waals surface area (Å²) in [7, 11) is 0. The van der Waals surface area contributed by atoms with Gasteiger partial charge in [-0.05, 0) is 52.9 Å². The number of hydrogen-bond acceptors (Lipinski definition) is 2. The second-order valence-electron chi connectivity index (χ2n) is 5.45. The van der Waals surface area contributed by atoms with Gasteiger partial charge in [0.25, 0.3) is 0 Å². The SMILES string of the molecule is CC1(C)CCCNC1C(=O)Nc1ccccc1Br. The second kappa shape index (κ2) is 5.41. The first-order valence-corrected chi connectivity index (χ1v) is 7.09. The van der Waals surface area contributed by atoms with Crippen LogP contribution in [0.3, 0.4) is 0 Å². The summed E-state index contributed by atoms with van der Waals surface area (Å²) >= 11 is 3.44. The Morgan fingerprint density at radius 2 is 2.17 bits per heavy atom. The number of benzene rings is 1. The number of amides is 1. The smallest absolute Gasteiger partial charge is 0.242 e. The number of hydrogen-bond donors (Lipinski definition) is 2. The van der Waals surface area contributed by atoms with Crippen molar-refractivity contribution in [2.45, 2.75) is 32.7 Å². The topological polar surface area (TPSA) is 41.1 Å². The molecule has 0 spiro atoms. The van der Waals surface area contributed by atoms with Crippen LogP contribution in [-0.4, -0.2) is 18.5 Å². The second-order valence-corrected chi connectivity index (χ2v) is 6.30. The largest absolute Gasteiger partial charge is 0.324 e. The molecule has 2 rings (SSSR count). The minimum absolute atomic E-state index is 0.00356. The van der Waals surface area contributed by atoms with Gasteiger partial charge in [-0.25, -0.2) is 0 Å². The molecule has 18 heavy (non-hydrogen) atoms. The average molecular weight is 311 g/mol. The molecule has 1 aromatic carbocycles. The van der Waals surface area contributed by atoms with Gasteiger partial charge in [-0.3, -0.25) is 4.79 Å². The summed E-state index contributed by atoms with van der Waals surface area (Å²) in [4.78, 5) is 12.3. The molecule has 1 aliphatic heterocycles. The highest BCUT2D eigenvalue weighted by Crippen LogP contribution is 2.31. The van der Waals surface area contributed by atoms with E-state index in [2.05, 4.69) is 40.4 Å². The lowest BCUT2D eigenvalue weighted by Gasteiger charge is -2.38. The molecule has 1 amide bonds. The van der Waals surface area contributed by atoms with Crippen molar-refractivity contribution in [3.8, 4) is 0 Å². The number of anilines is 1. The van der Waals surface area contributed by atoms with Gasteiger partial charge in [0.05, 0.1) is 11.7 Å². The van der Waals surface area contributed by atoms with Crippen molar-refractivity contribution in [1.82, 2.24) is 5.32 Å². The maximum Gasteiger partial charge on any atom is 0.242 e. The van der Waals surface area contributed by atoms with Crippen molar-refractivity contribution in [3.63, 3.8) is 0 Å². The van der Waals surface area contributed by atoms with Crippen molar-refractivity contribution in [2.24, 2.45) is 5.41 Å². The molecule has 0 bridgehead atoms. The molecule has 0 aromatic heterocycles. The van der Waals surface area contributed by atoms with Crippen LogP contribution < -0.4 is 10.6 Å². The third-order valence-electron chi connectivity index (χ3n) is 3.52. The Hall–Kier alpha value is -0.870. The lowest BCUT2D eigenvalue weighted by Crippen LogP contribution is -2.53. The predicted octanol–water partition coefficient (Wildman–Crippen LogP) is 3.17. The fourth-order valence-electron chi connectivity index (χ4n) is 2.43. The summed E-state index contributed by atoms with van der Waals surface area (Å²) in [5, 5.41) is 6.31. The number of nitrogens with one attached hydrogen (secondary N) is 2. The molecule has 1 aliphatic rings. The summed E-state index contributed by atoms with van der Waals surface area (Å²) in [6.07, 6.45) is 2.21. The third kappa shape index (κ3) is 2.93. The number of rotatable bonds is 2. The number of halogens is 1.